The van der Waals surface area contributed by atoms with Gasteiger partial charge in [0.15, 0.2) is 0 Å². The molecule has 0 aliphatic carbocycles. The smallest absolute Gasteiger partial charge is 0.261 e. The first kappa shape index (κ1) is 13.7. The van der Waals surface area contributed by atoms with E-state index in [4.69, 9.17) is 0 Å². The molecule has 3 rings (SSSR count). The Kier molecular flexibility index (Phi) is 3.78. The summed E-state index contributed by atoms with van der Waals surface area (Å²) in [5.41, 5.74) is 4.73. The molecule has 0 atom stereocenters. The van der Waals surface area contributed by atoms with Crippen LogP contribution >= 0.6 is 0 Å². The molecule has 0 saturated carbocycles. The number of hydrogen-bond acceptors (Lipinski definition) is 5. The Bertz CT molecular complexity index is 823. The number of hydrazone groups is 1. The van der Waals surface area contributed by atoms with Gasteiger partial charge >= 0.3 is 0 Å². The predicted molar refractivity (Wildman–Crippen MR) is 81.4 cm³/mol. The number of fused-ring (bicyclic) bond motifs is 1. The van der Waals surface area contributed by atoms with E-state index in [0.29, 0.717) is 0 Å². The van der Waals surface area contributed by atoms with E-state index in [1.807, 2.05) is 24.3 Å². The van der Waals surface area contributed by atoms with Crippen LogP contribution in [0.4, 0.5) is 0 Å². The lowest BCUT2D eigenvalue weighted by Crippen LogP contribution is -2.23. The third kappa shape index (κ3) is 3.09. The number of nitrogens with one attached hydrogen (secondary N) is 1. The van der Waals surface area contributed by atoms with Gasteiger partial charge in [0.1, 0.15) is 17.8 Å². The van der Waals surface area contributed by atoms with Gasteiger partial charge in [-0.25, -0.2) is 10.1 Å². The highest BCUT2D eigenvalue weighted by molar-refractivity contribution is 5.83. The molecule has 0 aliphatic rings. The number of rotatable bonds is 4. The van der Waals surface area contributed by atoms with Gasteiger partial charge in [0.2, 0.25) is 0 Å². The van der Waals surface area contributed by atoms with E-state index in [1.54, 1.807) is 24.3 Å². The minimum absolute atomic E-state index is 0.0351. The quantitative estimate of drug-likeness (QED) is 0.560. The van der Waals surface area contributed by atoms with Gasteiger partial charge in [-0.2, -0.15) is 5.10 Å². The van der Waals surface area contributed by atoms with Crippen LogP contribution in [0.3, 0.4) is 0 Å². The predicted octanol–water partition coefficient (Wildman–Crippen LogP) is 1.29. The summed E-state index contributed by atoms with van der Waals surface area (Å²) in [6, 6.07) is 13.9. The second-order valence-electron chi connectivity index (χ2n) is 4.62. The van der Waals surface area contributed by atoms with Crippen molar-refractivity contribution in [2.45, 2.75) is 6.54 Å². The van der Waals surface area contributed by atoms with Gasteiger partial charge in [0, 0.05) is 0 Å². The molecule has 0 bridgehead atoms. The van der Waals surface area contributed by atoms with Crippen LogP contribution in [0, 0.1) is 0 Å². The lowest BCUT2D eigenvalue weighted by molar-refractivity contribution is -0.121. The van der Waals surface area contributed by atoms with E-state index >= 15 is 0 Å². The molecule has 0 spiro atoms. The van der Waals surface area contributed by atoms with Crippen molar-refractivity contribution in [3.8, 4) is 5.75 Å². The van der Waals surface area contributed by atoms with E-state index in [1.165, 1.54) is 10.9 Å². The summed E-state index contributed by atoms with van der Waals surface area (Å²) >= 11 is 0. The Morgan fingerprint density at radius 3 is 2.82 bits per heavy atom. The highest BCUT2D eigenvalue weighted by Gasteiger charge is 2.07. The highest BCUT2D eigenvalue weighted by atomic mass is 16.3. The first-order valence-electron chi connectivity index (χ1n) is 6.61. The van der Waals surface area contributed by atoms with Gasteiger partial charge in [-0.15, -0.1) is 5.10 Å². The monoisotopic (exact) mass is 295 g/mol. The number of nitrogens with zero attached hydrogens (tertiary/aromatic N) is 4. The number of amides is 1. The molecule has 1 heterocycles. The van der Waals surface area contributed by atoms with Gasteiger partial charge in [-0.05, 0) is 42.0 Å². The third-order valence-electron chi connectivity index (χ3n) is 3.01. The van der Waals surface area contributed by atoms with Crippen LogP contribution in [0.15, 0.2) is 53.6 Å². The van der Waals surface area contributed by atoms with Crippen LogP contribution in [0.25, 0.3) is 11.0 Å². The first-order valence-corrected chi connectivity index (χ1v) is 6.61. The molecule has 0 saturated heterocycles. The number of benzene rings is 2. The molecule has 1 amide bonds. The van der Waals surface area contributed by atoms with Gasteiger partial charge in [0.25, 0.3) is 5.91 Å². The highest BCUT2D eigenvalue weighted by Crippen LogP contribution is 2.09. The minimum atomic E-state index is -0.300. The normalized spacial score (nSPS) is 11.1. The Hall–Kier alpha value is -3.22. The molecule has 7 heteroatoms. The van der Waals surface area contributed by atoms with Crippen LogP contribution in [-0.2, 0) is 11.3 Å². The second kappa shape index (κ2) is 6.04. The number of para-hydroxylation sites is 1. The largest absolute Gasteiger partial charge is 0.508 e. The van der Waals surface area contributed by atoms with E-state index in [0.717, 1.165) is 16.6 Å². The van der Waals surface area contributed by atoms with Gasteiger partial charge in [-0.1, -0.05) is 17.3 Å². The molecule has 1 aromatic heterocycles. The molecular formula is C15H13N5O2. The van der Waals surface area contributed by atoms with Crippen LogP contribution in [0.1, 0.15) is 5.56 Å². The fourth-order valence-corrected chi connectivity index (χ4v) is 1.94. The SMILES string of the molecule is O=C(Cn1nnc2ccccc21)NN=Cc1ccc(O)cc1. The zero-order valence-corrected chi connectivity index (χ0v) is 11.5. The summed E-state index contributed by atoms with van der Waals surface area (Å²) in [5, 5.41) is 21.0. The summed E-state index contributed by atoms with van der Waals surface area (Å²) in [7, 11) is 0. The summed E-state index contributed by atoms with van der Waals surface area (Å²) in [6.45, 7) is 0.0351. The summed E-state index contributed by atoms with van der Waals surface area (Å²) in [4.78, 5) is 11.8. The molecule has 22 heavy (non-hydrogen) atoms. The minimum Gasteiger partial charge on any atom is -0.508 e. The van der Waals surface area contributed by atoms with Gasteiger partial charge < -0.3 is 5.11 Å². The van der Waals surface area contributed by atoms with Crippen molar-refractivity contribution in [3.05, 3.63) is 54.1 Å². The van der Waals surface area contributed by atoms with Crippen molar-refractivity contribution < 1.29 is 9.90 Å². The number of aromatic nitrogens is 3. The molecule has 2 N–H and O–H groups in total. The molecule has 0 unspecified atom stereocenters. The summed E-state index contributed by atoms with van der Waals surface area (Å²) in [6.07, 6.45) is 1.50. The maximum atomic E-state index is 11.8. The van der Waals surface area contributed by atoms with E-state index < -0.39 is 0 Å². The summed E-state index contributed by atoms with van der Waals surface area (Å²) < 4.78 is 1.51. The maximum Gasteiger partial charge on any atom is 0.261 e. The Morgan fingerprint density at radius 1 is 1.23 bits per heavy atom. The standard InChI is InChI=1S/C15H13N5O2/c21-12-7-5-11(6-8-12)9-16-18-15(22)10-20-14-4-2-1-3-13(14)17-19-20/h1-9,21H,10H2,(H,18,22). The van der Waals surface area contributed by atoms with E-state index in [-0.39, 0.29) is 18.2 Å². The Labute approximate surface area is 125 Å². The van der Waals surface area contributed by atoms with E-state index in [9.17, 15) is 9.90 Å². The Morgan fingerprint density at radius 2 is 2.00 bits per heavy atom. The van der Waals surface area contributed by atoms with Crippen molar-refractivity contribution in [1.82, 2.24) is 20.4 Å². The van der Waals surface area contributed by atoms with Gasteiger partial charge in [-0.3, -0.25) is 4.79 Å². The fraction of sp³-hybridized carbons (Fsp3) is 0.0667. The van der Waals surface area contributed by atoms with Crippen molar-refractivity contribution >= 4 is 23.2 Å². The molecule has 2 aromatic carbocycles. The molecule has 0 fully saturated rings. The number of hydrogen-bond donors (Lipinski definition) is 2. The lowest BCUT2D eigenvalue weighted by atomic mass is 10.2. The van der Waals surface area contributed by atoms with Crippen LogP contribution in [0.2, 0.25) is 0 Å². The zero-order chi connectivity index (χ0) is 15.4. The zero-order valence-electron chi connectivity index (χ0n) is 11.5. The lowest BCUT2D eigenvalue weighted by Gasteiger charge is -2.01. The van der Waals surface area contributed by atoms with Crippen molar-refractivity contribution in [3.63, 3.8) is 0 Å². The average Bonchev–Trinajstić information content (AvgIpc) is 2.93. The number of carbonyl (C=O) groups excluding carboxylic acids is 1. The maximum absolute atomic E-state index is 11.8. The number of phenolic OH excluding ortho intramolecular Hbond substituents is 1. The van der Waals surface area contributed by atoms with Crippen molar-refractivity contribution in [2.75, 3.05) is 0 Å². The van der Waals surface area contributed by atoms with Crippen LogP contribution in [-0.4, -0.2) is 32.2 Å². The number of phenols is 1. The number of aromatic hydroxyl groups is 1. The Balaban J connectivity index is 1.62. The topological polar surface area (TPSA) is 92.4 Å². The average molecular weight is 295 g/mol. The molecule has 0 aliphatic heterocycles. The molecule has 7 nitrogen and oxygen atoms in total. The van der Waals surface area contributed by atoms with Gasteiger partial charge in [0.05, 0.1) is 11.7 Å². The third-order valence-corrected chi connectivity index (χ3v) is 3.01. The summed E-state index contributed by atoms with van der Waals surface area (Å²) in [5.74, 6) is -0.120. The first-order chi connectivity index (χ1) is 10.7. The molecule has 110 valence electrons. The van der Waals surface area contributed by atoms with Crippen LogP contribution in [0.5, 0.6) is 5.75 Å². The van der Waals surface area contributed by atoms with Crippen molar-refractivity contribution in [2.24, 2.45) is 5.10 Å². The molecule has 3 aromatic rings. The number of carbonyl (C=O) groups is 1. The van der Waals surface area contributed by atoms with Crippen molar-refractivity contribution in [1.29, 1.82) is 0 Å². The van der Waals surface area contributed by atoms with Crippen LogP contribution < -0.4 is 5.43 Å². The second-order valence-corrected chi connectivity index (χ2v) is 4.62. The molecule has 0 radical (unpaired) electrons. The fourth-order valence-electron chi connectivity index (χ4n) is 1.94. The van der Waals surface area contributed by atoms with E-state index in [2.05, 4.69) is 20.8 Å². The molecular weight excluding hydrogens is 282 g/mol.